The first-order chi connectivity index (χ1) is 6.86. The highest BCUT2D eigenvalue weighted by atomic mass is 16.7. The summed E-state index contributed by atoms with van der Waals surface area (Å²) in [5, 5.41) is 3.71. The Morgan fingerprint density at radius 1 is 1.00 bits per heavy atom. The Morgan fingerprint density at radius 2 is 1.79 bits per heavy atom. The van der Waals surface area contributed by atoms with Gasteiger partial charge in [-0.25, -0.2) is 0 Å². The zero-order valence-electron chi connectivity index (χ0n) is 8.63. The summed E-state index contributed by atoms with van der Waals surface area (Å²) in [4.78, 5) is 0. The largest absolute Gasteiger partial charge is 0.347 e. The highest BCUT2D eigenvalue weighted by Gasteiger charge is 2.44. The van der Waals surface area contributed by atoms with Crippen LogP contribution in [0.3, 0.4) is 0 Å². The van der Waals surface area contributed by atoms with E-state index in [9.17, 15) is 0 Å². The second-order valence-electron chi connectivity index (χ2n) is 4.84. The first kappa shape index (κ1) is 9.13. The van der Waals surface area contributed by atoms with Gasteiger partial charge in [0.1, 0.15) is 0 Å². The third-order valence-corrected chi connectivity index (χ3v) is 3.82. The average molecular weight is 197 g/mol. The van der Waals surface area contributed by atoms with Gasteiger partial charge in [-0.05, 0) is 19.3 Å². The van der Waals surface area contributed by atoms with Crippen LogP contribution in [0.4, 0.5) is 0 Å². The molecule has 0 aromatic rings. The summed E-state index contributed by atoms with van der Waals surface area (Å²) in [5.74, 6) is -0.193. The lowest BCUT2D eigenvalue weighted by atomic mass is 9.92. The Labute approximate surface area is 85.1 Å². The van der Waals surface area contributed by atoms with Crippen molar-refractivity contribution in [2.75, 3.05) is 13.2 Å². The number of hydrogen-bond donors (Lipinski definition) is 1. The monoisotopic (exact) mass is 197 g/mol. The summed E-state index contributed by atoms with van der Waals surface area (Å²) < 4.78 is 11.4. The molecule has 3 fully saturated rings. The fraction of sp³-hybridized carbons (Fsp3) is 1.00. The van der Waals surface area contributed by atoms with Crippen LogP contribution in [0.25, 0.3) is 0 Å². The molecule has 0 aromatic carbocycles. The van der Waals surface area contributed by atoms with E-state index in [0.717, 1.165) is 32.1 Å². The molecule has 1 N–H and O–H groups in total. The van der Waals surface area contributed by atoms with Crippen LogP contribution in [0.1, 0.15) is 38.5 Å². The van der Waals surface area contributed by atoms with Gasteiger partial charge in [0.2, 0.25) is 0 Å². The maximum absolute atomic E-state index is 5.70. The van der Waals surface area contributed by atoms with Crippen LogP contribution >= 0.6 is 0 Å². The zero-order valence-corrected chi connectivity index (χ0v) is 8.63. The first-order valence-corrected chi connectivity index (χ1v) is 5.90. The molecular formula is C11H19NO2. The Balaban J connectivity index is 1.53. The molecule has 1 heterocycles. The lowest BCUT2D eigenvalue weighted by molar-refractivity contribution is -0.151. The molecule has 0 radical (unpaired) electrons. The predicted molar refractivity (Wildman–Crippen MR) is 53.0 cm³/mol. The minimum absolute atomic E-state index is 0.193. The van der Waals surface area contributed by atoms with E-state index in [1.165, 1.54) is 25.7 Å². The van der Waals surface area contributed by atoms with Gasteiger partial charge in [0.15, 0.2) is 5.79 Å². The fourth-order valence-electron chi connectivity index (χ4n) is 2.78. The summed E-state index contributed by atoms with van der Waals surface area (Å²) in [6.45, 7) is 1.58. The van der Waals surface area contributed by atoms with Gasteiger partial charge in [-0.3, -0.25) is 0 Å². The Hall–Kier alpha value is -0.120. The molecule has 1 atom stereocenters. The summed E-state index contributed by atoms with van der Waals surface area (Å²) in [5.41, 5.74) is 0. The van der Waals surface area contributed by atoms with Crippen LogP contribution in [0.2, 0.25) is 0 Å². The van der Waals surface area contributed by atoms with Gasteiger partial charge in [0.25, 0.3) is 0 Å². The molecule has 2 saturated carbocycles. The molecule has 3 rings (SSSR count). The minimum Gasteiger partial charge on any atom is -0.347 e. The smallest absolute Gasteiger partial charge is 0.170 e. The van der Waals surface area contributed by atoms with E-state index >= 15 is 0 Å². The third kappa shape index (κ3) is 1.58. The van der Waals surface area contributed by atoms with Gasteiger partial charge >= 0.3 is 0 Å². The van der Waals surface area contributed by atoms with Crippen LogP contribution in [0.5, 0.6) is 0 Å². The SMILES string of the molecule is C1CC(NC2CCC3(C2)OCCO3)C1. The molecule has 14 heavy (non-hydrogen) atoms. The summed E-state index contributed by atoms with van der Waals surface area (Å²) in [6, 6.07) is 1.43. The van der Waals surface area contributed by atoms with E-state index in [-0.39, 0.29) is 5.79 Å². The summed E-state index contributed by atoms with van der Waals surface area (Å²) in [6.07, 6.45) is 7.50. The van der Waals surface area contributed by atoms with Crippen molar-refractivity contribution in [1.29, 1.82) is 0 Å². The van der Waals surface area contributed by atoms with Crippen LogP contribution in [0, 0.1) is 0 Å². The number of ether oxygens (including phenoxy) is 2. The summed E-state index contributed by atoms with van der Waals surface area (Å²) >= 11 is 0. The second-order valence-corrected chi connectivity index (χ2v) is 4.84. The highest BCUT2D eigenvalue weighted by molar-refractivity contribution is 4.92. The van der Waals surface area contributed by atoms with Crippen LogP contribution in [-0.4, -0.2) is 31.1 Å². The maximum Gasteiger partial charge on any atom is 0.170 e. The van der Waals surface area contributed by atoms with Crippen molar-refractivity contribution in [3.8, 4) is 0 Å². The van der Waals surface area contributed by atoms with Crippen molar-refractivity contribution in [2.45, 2.75) is 56.4 Å². The summed E-state index contributed by atoms with van der Waals surface area (Å²) in [7, 11) is 0. The van der Waals surface area contributed by atoms with Crippen molar-refractivity contribution >= 4 is 0 Å². The molecule has 80 valence electrons. The van der Waals surface area contributed by atoms with Crippen molar-refractivity contribution < 1.29 is 9.47 Å². The van der Waals surface area contributed by atoms with E-state index in [0.29, 0.717) is 6.04 Å². The van der Waals surface area contributed by atoms with Gasteiger partial charge in [0.05, 0.1) is 13.2 Å². The zero-order chi connectivity index (χ0) is 9.43. The van der Waals surface area contributed by atoms with Crippen molar-refractivity contribution in [3.63, 3.8) is 0 Å². The quantitative estimate of drug-likeness (QED) is 0.726. The van der Waals surface area contributed by atoms with Crippen LogP contribution in [-0.2, 0) is 9.47 Å². The lowest BCUT2D eigenvalue weighted by Crippen LogP contribution is -2.42. The Morgan fingerprint density at radius 3 is 2.43 bits per heavy atom. The van der Waals surface area contributed by atoms with E-state index in [2.05, 4.69) is 5.32 Å². The molecule has 1 spiro atoms. The van der Waals surface area contributed by atoms with Crippen LogP contribution in [0.15, 0.2) is 0 Å². The molecule has 1 aliphatic heterocycles. The molecule has 3 heteroatoms. The fourth-order valence-corrected chi connectivity index (χ4v) is 2.78. The molecule has 2 aliphatic carbocycles. The molecule has 1 saturated heterocycles. The number of nitrogens with one attached hydrogen (secondary N) is 1. The second kappa shape index (κ2) is 3.47. The molecule has 0 bridgehead atoms. The van der Waals surface area contributed by atoms with Gasteiger partial charge in [0, 0.05) is 24.9 Å². The van der Waals surface area contributed by atoms with Crippen LogP contribution < -0.4 is 5.32 Å². The maximum atomic E-state index is 5.70. The number of rotatable bonds is 2. The Bertz CT molecular complexity index is 209. The van der Waals surface area contributed by atoms with Crippen molar-refractivity contribution in [2.24, 2.45) is 0 Å². The molecule has 3 nitrogen and oxygen atoms in total. The highest BCUT2D eigenvalue weighted by Crippen LogP contribution is 2.38. The molecule has 3 aliphatic rings. The first-order valence-electron chi connectivity index (χ1n) is 5.90. The molecule has 1 unspecified atom stereocenters. The van der Waals surface area contributed by atoms with E-state index in [1.807, 2.05) is 0 Å². The Kier molecular flexibility index (Phi) is 2.26. The average Bonchev–Trinajstić information content (AvgIpc) is 2.71. The molecular weight excluding hydrogens is 178 g/mol. The van der Waals surface area contributed by atoms with Gasteiger partial charge in [-0.2, -0.15) is 0 Å². The standard InChI is InChI=1S/C11H19NO2/c1-2-9(3-1)12-10-4-5-11(8-10)13-6-7-14-11/h9-10,12H,1-8H2. The topological polar surface area (TPSA) is 30.5 Å². The van der Waals surface area contributed by atoms with Gasteiger partial charge in [-0.15, -0.1) is 0 Å². The third-order valence-electron chi connectivity index (χ3n) is 3.82. The molecule has 0 amide bonds. The number of hydrogen-bond acceptors (Lipinski definition) is 3. The lowest BCUT2D eigenvalue weighted by Gasteiger charge is -2.30. The predicted octanol–water partition coefficient (Wildman–Crippen LogP) is 1.42. The van der Waals surface area contributed by atoms with Gasteiger partial charge in [-0.1, -0.05) is 6.42 Å². The van der Waals surface area contributed by atoms with E-state index in [4.69, 9.17) is 9.47 Å². The van der Waals surface area contributed by atoms with Crippen molar-refractivity contribution in [1.82, 2.24) is 5.32 Å². The van der Waals surface area contributed by atoms with E-state index < -0.39 is 0 Å². The van der Waals surface area contributed by atoms with Crippen molar-refractivity contribution in [3.05, 3.63) is 0 Å². The van der Waals surface area contributed by atoms with E-state index in [1.54, 1.807) is 0 Å². The minimum atomic E-state index is -0.193. The molecule has 0 aromatic heterocycles. The van der Waals surface area contributed by atoms with Gasteiger partial charge < -0.3 is 14.8 Å². The normalized spacial score (nSPS) is 36.4.